The van der Waals surface area contributed by atoms with E-state index in [4.69, 9.17) is 10.7 Å². The van der Waals surface area contributed by atoms with Crippen LogP contribution in [-0.4, -0.2) is 8.42 Å². The highest BCUT2D eigenvalue weighted by Gasteiger charge is 2.36. The lowest BCUT2D eigenvalue weighted by Crippen LogP contribution is -2.27. The van der Waals surface area contributed by atoms with Crippen molar-refractivity contribution in [2.45, 2.75) is 39.4 Å². The van der Waals surface area contributed by atoms with Gasteiger partial charge < -0.3 is 0 Å². The van der Waals surface area contributed by atoms with Crippen LogP contribution >= 0.6 is 10.7 Å². The van der Waals surface area contributed by atoms with Gasteiger partial charge in [0, 0.05) is 10.7 Å². The van der Waals surface area contributed by atoms with Crippen LogP contribution in [0.5, 0.6) is 0 Å². The number of aryl methyl sites for hydroxylation is 3. The number of halogens is 1. The van der Waals surface area contributed by atoms with Crippen LogP contribution in [0.25, 0.3) is 0 Å². The maximum Gasteiger partial charge on any atom is 0.241 e. The third kappa shape index (κ3) is 2.25. The van der Waals surface area contributed by atoms with Crippen LogP contribution in [0, 0.1) is 20.8 Å². The maximum atomic E-state index is 11.6. The molecular weight excluding hydrogens is 244 g/mol. The molecule has 0 radical (unpaired) electrons. The Bertz CT molecular complexity index is 493. The van der Waals surface area contributed by atoms with Gasteiger partial charge in [0.05, 0.1) is 0 Å². The summed E-state index contributed by atoms with van der Waals surface area (Å²) in [5.74, 6) is 0. The first-order valence-corrected chi connectivity index (χ1v) is 7.41. The molecule has 0 heterocycles. The maximum absolute atomic E-state index is 11.6. The quantitative estimate of drug-likeness (QED) is 0.764. The fraction of sp³-hybridized carbons (Fsp3) is 0.500. The van der Waals surface area contributed by atoms with Gasteiger partial charge in [-0.1, -0.05) is 17.7 Å². The third-order valence-electron chi connectivity index (χ3n) is 2.89. The van der Waals surface area contributed by atoms with Crippen molar-refractivity contribution < 1.29 is 8.42 Å². The summed E-state index contributed by atoms with van der Waals surface area (Å²) in [4.78, 5) is 0. The molecule has 0 aliphatic carbocycles. The van der Waals surface area contributed by atoms with Crippen molar-refractivity contribution in [3.8, 4) is 0 Å². The van der Waals surface area contributed by atoms with Crippen molar-refractivity contribution >= 4 is 19.7 Å². The van der Waals surface area contributed by atoms with E-state index < -0.39 is 13.8 Å². The second-order valence-corrected chi connectivity index (χ2v) is 7.84. The lowest BCUT2D eigenvalue weighted by atomic mass is 9.91. The van der Waals surface area contributed by atoms with E-state index in [1.807, 2.05) is 32.9 Å². The minimum atomic E-state index is -3.64. The van der Waals surface area contributed by atoms with Crippen molar-refractivity contribution in [3.05, 3.63) is 34.4 Å². The topological polar surface area (TPSA) is 34.1 Å². The van der Waals surface area contributed by atoms with Gasteiger partial charge >= 0.3 is 0 Å². The van der Waals surface area contributed by atoms with Gasteiger partial charge in [-0.05, 0) is 51.3 Å². The summed E-state index contributed by atoms with van der Waals surface area (Å²) in [6.07, 6.45) is 0. The summed E-state index contributed by atoms with van der Waals surface area (Å²) < 4.78 is 22.2. The number of hydrogen-bond donors (Lipinski definition) is 0. The molecule has 0 aliphatic heterocycles. The molecule has 2 nitrogen and oxygen atoms in total. The molecule has 4 heteroatoms. The van der Waals surface area contributed by atoms with Gasteiger partial charge in [0.15, 0.2) is 0 Å². The molecule has 1 aromatic rings. The molecule has 16 heavy (non-hydrogen) atoms. The molecule has 0 unspecified atom stereocenters. The summed E-state index contributed by atoms with van der Waals surface area (Å²) in [5, 5.41) is 0. The third-order valence-corrected chi connectivity index (χ3v) is 5.47. The van der Waals surface area contributed by atoms with Crippen LogP contribution in [0.3, 0.4) is 0 Å². The molecule has 0 amide bonds. The first kappa shape index (κ1) is 13.5. The molecule has 0 saturated carbocycles. The largest absolute Gasteiger partial charge is 0.241 e. The highest BCUT2D eigenvalue weighted by Crippen LogP contribution is 2.36. The van der Waals surface area contributed by atoms with E-state index in [1.54, 1.807) is 13.8 Å². The van der Waals surface area contributed by atoms with E-state index in [9.17, 15) is 8.42 Å². The van der Waals surface area contributed by atoms with Gasteiger partial charge in [0.1, 0.15) is 4.75 Å². The zero-order valence-electron chi connectivity index (χ0n) is 10.3. The average molecular weight is 261 g/mol. The van der Waals surface area contributed by atoms with Crippen molar-refractivity contribution in [2.24, 2.45) is 0 Å². The molecule has 90 valence electrons. The molecule has 0 bridgehead atoms. The Morgan fingerprint density at radius 2 is 1.44 bits per heavy atom. The second-order valence-electron chi connectivity index (χ2n) is 4.72. The highest BCUT2D eigenvalue weighted by molar-refractivity contribution is 8.14. The number of rotatable bonds is 2. The molecule has 0 fully saturated rings. The van der Waals surface area contributed by atoms with Gasteiger partial charge in [-0.15, -0.1) is 0 Å². The average Bonchev–Trinajstić information content (AvgIpc) is 1.97. The van der Waals surface area contributed by atoms with Crippen LogP contribution in [0.4, 0.5) is 0 Å². The Labute approximate surface area is 102 Å². The second kappa shape index (κ2) is 4.04. The Kier molecular flexibility index (Phi) is 3.42. The van der Waals surface area contributed by atoms with Crippen molar-refractivity contribution in [1.82, 2.24) is 0 Å². The Morgan fingerprint density at radius 3 is 1.75 bits per heavy atom. The summed E-state index contributed by atoms with van der Waals surface area (Å²) in [5.41, 5.74) is 3.85. The fourth-order valence-electron chi connectivity index (χ4n) is 2.25. The summed E-state index contributed by atoms with van der Waals surface area (Å²) in [6, 6.07) is 3.96. The van der Waals surface area contributed by atoms with E-state index in [0.717, 1.165) is 22.3 Å². The van der Waals surface area contributed by atoms with Gasteiger partial charge in [0.2, 0.25) is 9.05 Å². The van der Waals surface area contributed by atoms with Crippen LogP contribution in [0.15, 0.2) is 12.1 Å². The van der Waals surface area contributed by atoms with Crippen molar-refractivity contribution in [2.75, 3.05) is 0 Å². The molecule has 1 rings (SSSR count). The summed E-state index contributed by atoms with van der Waals surface area (Å²) in [6.45, 7) is 9.10. The SMILES string of the molecule is Cc1cc(C)c(C(C)(C)S(=O)(=O)Cl)c(C)c1. The zero-order chi connectivity index (χ0) is 12.7. The molecule has 0 spiro atoms. The molecule has 0 atom stereocenters. The predicted octanol–water partition coefficient (Wildman–Crippen LogP) is 3.42. The van der Waals surface area contributed by atoms with Crippen LogP contribution in [0.2, 0.25) is 0 Å². The van der Waals surface area contributed by atoms with Gasteiger partial charge in [-0.2, -0.15) is 0 Å². The van der Waals surface area contributed by atoms with E-state index in [-0.39, 0.29) is 0 Å². The van der Waals surface area contributed by atoms with Crippen LogP contribution < -0.4 is 0 Å². The lowest BCUT2D eigenvalue weighted by Gasteiger charge is -2.26. The predicted molar refractivity (Wildman–Crippen MR) is 68.5 cm³/mol. The Hall–Kier alpha value is -0.540. The molecule has 0 aromatic heterocycles. The van der Waals surface area contributed by atoms with E-state index in [0.29, 0.717) is 0 Å². The Morgan fingerprint density at radius 1 is 1.06 bits per heavy atom. The standard InChI is InChI=1S/C12H17ClO2S/c1-8-6-9(2)11(10(3)7-8)12(4,5)16(13,14)15/h6-7H,1-5H3. The van der Waals surface area contributed by atoms with E-state index in [2.05, 4.69) is 0 Å². The van der Waals surface area contributed by atoms with Crippen molar-refractivity contribution in [3.63, 3.8) is 0 Å². The Balaban J connectivity index is 3.58. The highest BCUT2D eigenvalue weighted by atomic mass is 35.7. The molecular formula is C12H17ClO2S. The van der Waals surface area contributed by atoms with Crippen LogP contribution in [-0.2, 0) is 13.8 Å². The smallest absolute Gasteiger partial charge is 0.211 e. The minimum absolute atomic E-state index is 0.799. The van der Waals surface area contributed by atoms with Gasteiger partial charge in [-0.3, -0.25) is 0 Å². The first-order valence-electron chi connectivity index (χ1n) is 5.10. The van der Waals surface area contributed by atoms with E-state index in [1.165, 1.54) is 0 Å². The summed E-state index contributed by atoms with van der Waals surface area (Å²) >= 11 is 0. The zero-order valence-corrected chi connectivity index (χ0v) is 11.8. The number of hydrogen-bond acceptors (Lipinski definition) is 2. The van der Waals surface area contributed by atoms with Crippen LogP contribution in [0.1, 0.15) is 36.1 Å². The monoisotopic (exact) mass is 260 g/mol. The molecule has 0 saturated heterocycles. The summed E-state index contributed by atoms with van der Waals surface area (Å²) in [7, 11) is 1.87. The minimum Gasteiger partial charge on any atom is -0.211 e. The first-order chi connectivity index (χ1) is 7.07. The lowest BCUT2D eigenvalue weighted by molar-refractivity contribution is 0.568. The molecule has 0 aliphatic rings. The molecule has 1 aromatic carbocycles. The van der Waals surface area contributed by atoms with Gasteiger partial charge in [-0.25, -0.2) is 8.42 Å². The molecule has 0 N–H and O–H groups in total. The van der Waals surface area contributed by atoms with E-state index >= 15 is 0 Å². The number of benzene rings is 1. The van der Waals surface area contributed by atoms with Gasteiger partial charge in [0.25, 0.3) is 0 Å². The van der Waals surface area contributed by atoms with Crippen molar-refractivity contribution in [1.29, 1.82) is 0 Å². The normalized spacial score (nSPS) is 12.9. The fourth-order valence-corrected chi connectivity index (χ4v) is 3.05.